The first kappa shape index (κ1) is 14.3. The van der Waals surface area contributed by atoms with E-state index in [1.807, 2.05) is 0 Å². The first-order valence-electron chi connectivity index (χ1n) is 8.02. The van der Waals surface area contributed by atoms with Crippen LogP contribution in [0.25, 0.3) is 0 Å². The molecule has 2 rings (SSSR count). The highest BCUT2D eigenvalue weighted by Gasteiger charge is 2.35. The van der Waals surface area contributed by atoms with Crippen molar-refractivity contribution in [1.29, 1.82) is 0 Å². The summed E-state index contributed by atoms with van der Waals surface area (Å²) in [4.78, 5) is 2.60. The van der Waals surface area contributed by atoms with Gasteiger partial charge < -0.3 is 5.11 Å². The van der Waals surface area contributed by atoms with Crippen molar-refractivity contribution in [3.05, 3.63) is 0 Å². The summed E-state index contributed by atoms with van der Waals surface area (Å²) in [6.45, 7) is 9.41. The number of nitrogens with zero attached hydrogens (tertiary/aromatic N) is 1. The van der Waals surface area contributed by atoms with Crippen LogP contribution in [0.2, 0.25) is 0 Å². The number of hydrogen-bond donors (Lipinski definition) is 1. The molecular weight excluding hydrogens is 222 g/mol. The van der Waals surface area contributed by atoms with Gasteiger partial charge in [-0.3, -0.25) is 4.90 Å². The predicted molar refractivity (Wildman–Crippen MR) is 76.6 cm³/mol. The molecule has 0 amide bonds. The SMILES string of the molecule is CCCC1CCC(O)C(N2CC(C)CC(C)C2)C1. The monoisotopic (exact) mass is 253 g/mol. The molecule has 0 bridgehead atoms. The Kier molecular flexibility index (Phi) is 5.08. The minimum Gasteiger partial charge on any atom is -0.391 e. The average molecular weight is 253 g/mol. The molecule has 2 nitrogen and oxygen atoms in total. The topological polar surface area (TPSA) is 23.5 Å². The molecule has 0 radical (unpaired) electrons. The van der Waals surface area contributed by atoms with E-state index >= 15 is 0 Å². The van der Waals surface area contributed by atoms with Gasteiger partial charge in [0.1, 0.15) is 0 Å². The molecule has 1 heterocycles. The minimum atomic E-state index is -0.0735. The molecular formula is C16H31NO. The van der Waals surface area contributed by atoms with Gasteiger partial charge in [-0.1, -0.05) is 33.6 Å². The lowest BCUT2D eigenvalue weighted by molar-refractivity contribution is -0.0236. The Hall–Kier alpha value is -0.0800. The molecule has 0 aromatic carbocycles. The van der Waals surface area contributed by atoms with Crippen LogP contribution in [-0.2, 0) is 0 Å². The highest BCUT2D eigenvalue weighted by molar-refractivity contribution is 4.89. The Morgan fingerprint density at radius 3 is 2.33 bits per heavy atom. The van der Waals surface area contributed by atoms with Crippen LogP contribution in [0.3, 0.4) is 0 Å². The van der Waals surface area contributed by atoms with Crippen LogP contribution in [0.1, 0.15) is 59.3 Å². The maximum Gasteiger partial charge on any atom is 0.0695 e. The maximum absolute atomic E-state index is 10.3. The Labute approximate surface area is 113 Å². The molecule has 1 aliphatic heterocycles. The van der Waals surface area contributed by atoms with Crippen LogP contribution in [-0.4, -0.2) is 35.2 Å². The molecule has 0 aromatic rings. The third-order valence-corrected chi connectivity index (χ3v) is 4.95. The normalized spacial score (nSPS) is 43.0. The van der Waals surface area contributed by atoms with Crippen molar-refractivity contribution in [2.75, 3.05) is 13.1 Å². The van der Waals surface area contributed by atoms with Crippen molar-refractivity contribution in [3.63, 3.8) is 0 Å². The van der Waals surface area contributed by atoms with Gasteiger partial charge in [0.25, 0.3) is 0 Å². The summed E-state index contributed by atoms with van der Waals surface area (Å²) >= 11 is 0. The van der Waals surface area contributed by atoms with Gasteiger partial charge in [0.05, 0.1) is 6.10 Å². The zero-order valence-corrected chi connectivity index (χ0v) is 12.4. The molecule has 5 atom stereocenters. The molecule has 5 unspecified atom stereocenters. The van der Waals surface area contributed by atoms with Gasteiger partial charge in [0, 0.05) is 19.1 Å². The van der Waals surface area contributed by atoms with Crippen LogP contribution in [0.15, 0.2) is 0 Å². The van der Waals surface area contributed by atoms with E-state index in [4.69, 9.17) is 0 Å². The standard InChI is InChI=1S/C16H31NO/c1-4-5-14-6-7-16(18)15(9-14)17-10-12(2)8-13(3)11-17/h12-16,18H,4-11H2,1-3H3. The van der Waals surface area contributed by atoms with Crippen molar-refractivity contribution in [1.82, 2.24) is 4.90 Å². The van der Waals surface area contributed by atoms with Gasteiger partial charge in [-0.15, -0.1) is 0 Å². The van der Waals surface area contributed by atoms with E-state index in [0.29, 0.717) is 6.04 Å². The third-order valence-electron chi connectivity index (χ3n) is 4.95. The molecule has 1 saturated carbocycles. The van der Waals surface area contributed by atoms with Crippen molar-refractivity contribution in [2.45, 2.75) is 71.4 Å². The molecule has 0 spiro atoms. The van der Waals surface area contributed by atoms with Gasteiger partial charge in [0.2, 0.25) is 0 Å². The molecule has 106 valence electrons. The Morgan fingerprint density at radius 2 is 1.72 bits per heavy atom. The molecule has 2 aliphatic rings. The van der Waals surface area contributed by atoms with E-state index in [-0.39, 0.29) is 6.10 Å². The summed E-state index contributed by atoms with van der Waals surface area (Å²) in [6, 6.07) is 0.445. The fourth-order valence-electron chi connectivity index (χ4n) is 4.26. The van der Waals surface area contributed by atoms with Crippen molar-refractivity contribution < 1.29 is 5.11 Å². The van der Waals surface area contributed by atoms with Crippen molar-refractivity contribution >= 4 is 0 Å². The van der Waals surface area contributed by atoms with Gasteiger partial charge in [-0.25, -0.2) is 0 Å². The van der Waals surface area contributed by atoms with E-state index < -0.39 is 0 Å². The first-order chi connectivity index (χ1) is 8.60. The van der Waals surface area contributed by atoms with Gasteiger partial charge in [-0.05, 0) is 43.4 Å². The number of piperidine rings is 1. The lowest BCUT2D eigenvalue weighted by Gasteiger charge is -2.45. The average Bonchev–Trinajstić information content (AvgIpc) is 2.30. The Balaban J connectivity index is 1.96. The second-order valence-corrected chi connectivity index (χ2v) is 7.00. The largest absolute Gasteiger partial charge is 0.391 e. The van der Waals surface area contributed by atoms with Gasteiger partial charge in [0.15, 0.2) is 0 Å². The molecule has 18 heavy (non-hydrogen) atoms. The number of aliphatic hydroxyl groups is 1. The maximum atomic E-state index is 10.3. The highest BCUT2D eigenvalue weighted by Crippen LogP contribution is 2.33. The summed E-state index contributed by atoms with van der Waals surface area (Å²) in [7, 11) is 0. The van der Waals surface area contributed by atoms with Crippen LogP contribution >= 0.6 is 0 Å². The second-order valence-electron chi connectivity index (χ2n) is 7.00. The number of rotatable bonds is 3. The summed E-state index contributed by atoms with van der Waals surface area (Å²) in [5, 5.41) is 10.3. The summed E-state index contributed by atoms with van der Waals surface area (Å²) in [5.41, 5.74) is 0. The lowest BCUT2D eigenvalue weighted by Crippen LogP contribution is -2.52. The van der Waals surface area contributed by atoms with E-state index in [1.54, 1.807) is 0 Å². The molecule has 2 heteroatoms. The lowest BCUT2D eigenvalue weighted by atomic mass is 9.79. The van der Waals surface area contributed by atoms with E-state index in [9.17, 15) is 5.11 Å². The first-order valence-corrected chi connectivity index (χ1v) is 8.02. The second kappa shape index (κ2) is 6.38. The van der Waals surface area contributed by atoms with E-state index in [2.05, 4.69) is 25.7 Å². The van der Waals surface area contributed by atoms with Crippen LogP contribution in [0.5, 0.6) is 0 Å². The van der Waals surface area contributed by atoms with Crippen LogP contribution in [0.4, 0.5) is 0 Å². The van der Waals surface area contributed by atoms with Crippen LogP contribution in [0, 0.1) is 17.8 Å². The zero-order chi connectivity index (χ0) is 13.1. The zero-order valence-electron chi connectivity index (χ0n) is 12.4. The Morgan fingerprint density at radius 1 is 1.06 bits per heavy atom. The van der Waals surface area contributed by atoms with E-state index in [0.717, 1.165) is 24.2 Å². The number of hydrogen-bond acceptors (Lipinski definition) is 2. The molecule has 1 N–H and O–H groups in total. The molecule has 1 saturated heterocycles. The minimum absolute atomic E-state index is 0.0735. The third kappa shape index (κ3) is 3.48. The predicted octanol–water partition coefficient (Wildman–Crippen LogP) is 3.29. The molecule has 1 aliphatic carbocycles. The summed E-state index contributed by atoms with van der Waals surface area (Å²) in [6.07, 6.45) is 7.42. The number of aliphatic hydroxyl groups excluding tert-OH is 1. The fourth-order valence-corrected chi connectivity index (χ4v) is 4.26. The smallest absolute Gasteiger partial charge is 0.0695 e. The van der Waals surface area contributed by atoms with Gasteiger partial charge in [-0.2, -0.15) is 0 Å². The summed E-state index contributed by atoms with van der Waals surface area (Å²) in [5.74, 6) is 2.45. The highest BCUT2D eigenvalue weighted by atomic mass is 16.3. The Bertz CT molecular complexity index is 245. The van der Waals surface area contributed by atoms with E-state index in [1.165, 1.54) is 45.2 Å². The van der Waals surface area contributed by atoms with Crippen molar-refractivity contribution in [3.8, 4) is 0 Å². The number of likely N-dealkylation sites (tertiary alicyclic amines) is 1. The fraction of sp³-hybridized carbons (Fsp3) is 1.00. The quantitative estimate of drug-likeness (QED) is 0.834. The molecule has 0 aromatic heterocycles. The van der Waals surface area contributed by atoms with Crippen molar-refractivity contribution in [2.24, 2.45) is 17.8 Å². The van der Waals surface area contributed by atoms with Gasteiger partial charge >= 0.3 is 0 Å². The molecule has 2 fully saturated rings. The van der Waals surface area contributed by atoms with Crippen LogP contribution < -0.4 is 0 Å². The summed E-state index contributed by atoms with van der Waals surface area (Å²) < 4.78 is 0.